The van der Waals surface area contributed by atoms with Crippen molar-refractivity contribution < 1.29 is 4.74 Å². The largest absolute Gasteiger partial charge is 0.360 e. The molecule has 1 aromatic carbocycles. The predicted molar refractivity (Wildman–Crippen MR) is 99.5 cm³/mol. The zero-order valence-corrected chi connectivity index (χ0v) is 16.5. The zero-order chi connectivity index (χ0) is 16.6. The Kier molecular flexibility index (Phi) is 5.20. The predicted octanol–water partition coefficient (Wildman–Crippen LogP) is 5.25. The van der Waals surface area contributed by atoms with Gasteiger partial charge < -0.3 is 4.74 Å². The fourth-order valence-corrected chi connectivity index (χ4v) is 5.19. The van der Waals surface area contributed by atoms with E-state index in [1.165, 1.54) is 29.3 Å². The standard InChI is InChI=1S/C20H30BrNO/c1-14-9-10-17-19(13-14)23-15(2)22(20(17,3)4)12-11-16-7-5-6-8-18(16)21/h5-8,14-15,17,19H,9-13H2,1-4H3/t14-,15+,17-,19-/m1/s1. The molecule has 0 spiro atoms. The first-order valence-corrected chi connectivity index (χ1v) is 9.84. The van der Waals surface area contributed by atoms with Gasteiger partial charge in [0.15, 0.2) is 0 Å². The molecule has 1 saturated carbocycles. The third kappa shape index (κ3) is 3.52. The van der Waals surface area contributed by atoms with Crippen molar-refractivity contribution in [1.82, 2.24) is 4.90 Å². The van der Waals surface area contributed by atoms with Gasteiger partial charge in [0.2, 0.25) is 0 Å². The van der Waals surface area contributed by atoms with Crippen LogP contribution in [-0.2, 0) is 11.2 Å². The maximum Gasteiger partial charge on any atom is 0.108 e. The molecule has 0 unspecified atom stereocenters. The van der Waals surface area contributed by atoms with Gasteiger partial charge in [0.1, 0.15) is 6.23 Å². The number of fused-ring (bicyclic) bond motifs is 1. The summed E-state index contributed by atoms with van der Waals surface area (Å²) in [6.45, 7) is 10.5. The molecule has 3 heteroatoms. The zero-order valence-electron chi connectivity index (χ0n) is 14.9. The Bertz CT molecular complexity index is 544. The van der Waals surface area contributed by atoms with Crippen LogP contribution in [0.25, 0.3) is 0 Å². The fraction of sp³-hybridized carbons (Fsp3) is 0.700. The molecule has 0 radical (unpaired) electrons. The molecule has 2 nitrogen and oxygen atoms in total. The minimum atomic E-state index is 0.207. The maximum atomic E-state index is 6.44. The molecule has 1 aromatic rings. The lowest BCUT2D eigenvalue weighted by molar-refractivity contribution is -0.226. The molecule has 2 fully saturated rings. The third-order valence-corrected chi connectivity index (χ3v) is 6.87. The Labute approximate surface area is 149 Å². The van der Waals surface area contributed by atoms with E-state index >= 15 is 0 Å². The number of rotatable bonds is 3. The molecule has 0 N–H and O–H groups in total. The van der Waals surface area contributed by atoms with E-state index in [0.29, 0.717) is 12.0 Å². The van der Waals surface area contributed by atoms with Crippen LogP contribution in [0.15, 0.2) is 28.7 Å². The van der Waals surface area contributed by atoms with Crippen LogP contribution < -0.4 is 0 Å². The summed E-state index contributed by atoms with van der Waals surface area (Å²) >= 11 is 3.68. The van der Waals surface area contributed by atoms with Crippen LogP contribution in [0.4, 0.5) is 0 Å². The Morgan fingerprint density at radius 3 is 2.70 bits per heavy atom. The van der Waals surface area contributed by atoms with Gasteiger partial charge in [0.05, 0.1) is 6.10 Å². The molecule has 1 saturated heterocycles. The first-order valence-electron chi connectivity index (χ1n) is 9.05. The van der Waals surface area contributed by atoms with Crippen molar-refractivity contribution in [3.63, 3.8) is 0 Å². The molecular formula is C20H30BrNO. The van der Waals surface area contributed by atoms with Crippen LogP contribution in [0.5, 0.6) is 0 Å². The van der Waals surface area contributed by atoms with Crippen molar-refractivity contribution in [2.24, 2.45) is 11.8 Å². The highest BCUT2D eigenvalue weighted by molar-refractivity contribution is 9.10. The summed E-state index contributed by atoms with van der Waals surface area (Å²) in [5.74, 6) is 1.47. The van der Waals surface area contributed by atoms with E-state index < -0.39 is 0 Å². The quantitative estimate of drug-likeness (QED) is 0.710. The SMILES string of the molecule is C[C@@H]1CC[C@@H]2[C@@H](C1)O[C@@H](C)N(CCc1ccccc1Br)C2(C)C. The van der Waals surface area contributed by atoms with E-state index in [1.807, 2.05) is 0 Å². The molecule has 4 atom stereocenters. The molecule has 128 valence electrons. The highest BCUT2D eigenvalue weighted by Gasteiger charge is 2.48. The average molecular weight is 380 g/mol. The van der Waals surface area contributed by atoms with Crippen molar-refractivity contribution >= 4 is 15.9 Å². The smallest absolute Gasteiger partial charge is 0.108 e. The highest BCUT2D eigenvalue weighted by Crippen LogP contribution is 2.44. The molecule has 2 aliphatic rings. The van der Waals surface area contributed by atoms with Crippen LogP contribution in [0.2, 0.25) is 0 Å². The summed E-state index contributed by atoms with van der Waals surface area (Å²) in [6, 6.07) is 8.56. The molecule has 3 rings (SSSR count). The Morgan fingerprint density at radius 2 is 1.96 bits per heavy atom. The van der Waals surface area contributed by atoms with Crippen molar-refractivity contribution in [1.29, 1.82) is 0 Å². The molecule has 1 aliphatic heterocycles. The lowest BCUT2D eigenvalue weighted by Crippen LogP contribution is -2.64. The van der Waals surface area contributed by atoms with E-state index in [0.717, 1.165) is 18.9 Å². The second-order valence-electron chi connectivity index (χ2n) is 7.99. The Morgan fingerprint density at radius 1 is 1.22 bits per heavy atom. The van der Waals surface area contributed by atoms with E-state index in [9.17, 15) is 0 Å². The van der Waals surface area contributed by atoms with E-state index in [-0.39, 0.29) is 11.8 Å². The molecule has 0 bridgehead atoms. The molecule has 23 heavy (non-hydrogen) atoms. The van der Waals surface area contributed by atoms with Crippen LogP contribution in [-0.4, -0.2) is 29.3 Å². The topological polar surface area (TPSA) is 12.5 Å². The summed E-state index contributed by atoms with van der Waals surface area (Å²) in [6.07, 6.45) is 5.60. The highest BCUT2D eigenvalue weighted by atomic mass is 79.9. The number of benzene rings is 1. The third-order valence-electron chi connectivity index (χ3n) is 6.09. The number of ether oxygens (including phenoxy) is 1. The minimum absolute atomic E-state index is 0.207. The Balaban J connectivity index is 1.73. The van der Waals surface area contributed by atoms with Crippen LogP contribution >= 0.6 is 15.9 Å². The first kappa shape index (κ1) is 17.4. The lowest BCUT2D eigenvalue weighted by atomic mass is 9.70. The second kappa shape index (κ2) is 6.85. The minimum Gasteiger partial charge on any atom is -0.360 e. The lowest BCUT2D eigenvalue weighted by Gasteiger charge is -2.56. The number of hydrogen-bond donors (Lipinski definition) is 0. The van der Waals surface area contributed by atoms with Crippen LogP contribution in [0, 0.1) is 11.8 Å². The maximum absolute atomic E-state index is 6.44. The van der Waals surface area contributed by atoms with Gasteiger partial charge in [-0.3, -0.25) is 4.90 Å². The van der Waals surface area contributed by atoms with Gasteiger partial charge in [-0.15, -0.1) is 0 Å². The van der Waals surface area contributed by atoms with Gasteiger partial charge in [0, 0.05) is 22.5 Å². The molecule has 1 heterocycles. The first-order chi connectivity index (χ1) is 10.9. The van der Waals surface area contributed by atoms with Gasteiger partial charge in [-0.2, -0.15) is 0 Å². The molecule has 0 aromatic heterocycles. The number of halogens is 1. The van der Waals surface area contributed by atoms with E-state index in [4.69, 9.17) is 4.74 Å². The summed E-state index contributed by atoms with van der Waals surface area (Å²) in [4.78, 5) is 2.59. The molecular weight excluding hydrogens is 350 g/mol. The van der Waals surface area contributed by atoms with Crippen molar-refractivity contribution in [3.8, 4) is 0 Å². The van der Waals surface area contributed by atoms with Crippen molar-refractivity contribution in [2.75, 3.05) is 6.54 Å². The molecule has 1 aliphatic carbocycles. The average Bonchev–Trinajstić information content (AvgIpc) is 2.48. The van der Waals surface area contributed by atoms with E-state index in [1.54, 1.807) is 0 Å². The van der Waals surface area contributed by atoms with Gasteiger partial charge in [-0.05, 0) is 57.6 Å². The van der Waals surface area contributed by atoms with Gasteiger partial charge in [-0.1, -0.05) is 47.5 Å². The second-order valence-corrected chi connectivity index (χ2v) is 8.84. The van der Waals surface area contributed by atoms with Crippen molar-refractivity contribution in [3.05, 3.63) is 34.3 Å². The normalized spacial score (nSPS) is 34.1. The van der Waals surface area contributed by atoms with Crippen LogP contribution in [0.1, 0.15) is 52.5 Å². The van der Waals surface area contributed by atoms with Gasteiger partial charge in [0.25, 0.3) is 0 Å². The van der Waals surface area contributed by atoms with Crippen LogP contribution in [0.3, 0.4) is 0 Å². The number of hydrogen-bond acceptors (Lipinski definition) is 2. The fourth-order valence-electron chi connectivity index (χ4n) is 4.71. The molecule has 0 amide bonds. The summed E-state index contributed by atoms with van der Waals surface area (Å²) in [5.41, 5.74) is 1.60. The Hall–Kier alpha value is -0.380. The van der Waals surface area contributed by atoms with E-state index in [2.05, 4.69) is 72.8 Å². The summed E-state index contributed by atoms with van der Waals surface area (Å²) in [5, 5.41) is 0. The number of nitrogens with zero attached hydrogens (tertiary/aromatic N) is 1. The summed E-state index contributed by atoms with van der Waals surface area (Å²) in [7, 11) is 0. The van der Waals surface area contributed by atoms with Gasteiger partial charge in [-0.25, -0.2) is 0 Å². The summed E-state index contributed by atoms with van der Waals surface area (Å²) < 4.78 is 7.66. The van der Waals surface area contributed by atoms with Crippen molar-refractivity contribution in [2.45, 2.75) is 71.2 Å². The van der Waals surface area contributed by atoms with Gasteiger partial charge >= 0.3 is 0 Å². The monoisotopic (exact) mass is 379 g/mol.